The minimum Gasteiger partial charge on any atom is -0.387 e. The summed E-state index contributed by atoms with van der Waals surface area (Å²) in [6.07, 6.45) is 0. The second-order valence-corrected chi connectivity index (χ2v) is 9.16. The lowest BCUT2D eigenvalue weighted by molar-refractivity contribution is -0.0201. The maximum atomic E-state index is 10.8. The van der Waals surface area contributed by atoms with Crippen LogP contribution in [0.5, 0.6) is 0 Å². The van der Waals surface area contributed by atoms with Crippen LogP contribution >= 0.6 is 24.0 Å². The molecule has 31 heavy (non-hydrogen) atoms. The van der Waals surface area contributed by atoms with Crippen LogP contribution in [0.3, 0.4) is 0 Å². The van der Waals surface area contributed by atoms with E-state index >= 15 is 0 Å². The highest BCUT2D eigenvalue weighted by molar-refractivity contribution is 14.0. The minimum absolute atomic E-state index is 0. The van der Waals surface area contributed by atoms with Gasteiger partial charge in [0, 0.05) is 32.7 Å². The third-order valence-corrected chi connectivity index (χ3v) is 4.73. The summed E-state index contributed by atoms with van der Waals surface area (Å²) in [5, 5.41) is 17.3. The molecular weight excluding hydrogens is 507 g/mol. The molecule has 2 rings (SSSR count). The van der Waals surface area contributed by atoms with Crippen molar-refractivity contribution in [1.82, 2.24) is 15.5 Å². The third-order valence-electron chi connectivity index (χ3n) is 4.73. The first-order valence-electron chi connectivity index (χ1n) is 10.9. The summed E-state index contributed by atoms with van der Waals surface area (Å²) in [6.45, 7) is 16.2. The van der Waals surface area contributed by atoms with E-state index in [1.54, 1.807) is 0 Å². The van der Waals surface area contributed by atoms with Crippen LogP contribution in [0.2, 0.25) is 0 Å². The van der Waals surface area contributed by atoms with Crippen LogP contribution in [-0.2, 0) is 22.6 Å². The van der Waals surface area contributed by atoms with Crippen LogP contribution in [0.4, 0.5) is 0 Å². The van der Waals surface area contributed by atoms with E-state index in [1.807, 2.05) is 19.9 Å². The first kappa shape index (κ1) is 28.1. The lowest BCUT2D eigenvalue weighted by atomic mass is 10.1. The van der Waals surface area contributed by atoms with E-state index in [9.17, 15) is 5.11 Å². The number of guanidine groups is 1. The van der Waals surface area contributed by atoms with E-state index in [-0.39, 0.29) is 29.6 Å². The highest BCUT2D eigenvalue weighted by Gasteiger charge is 2.25. The molecule has 0 radical (unpaired) electrons. The van der Waals surface area contributed by atoms with Gasteiger partial charge in [-0.2, -0.15) is 0 Å². The molecule has 1 unspecified atom stereocenters. The standard InChI is InChI=1S/C23H40N4O3.HI/c1-6-24-21(26-17-23(5,28)18-27-10-12-29-13-11-27)25-15-19-8-7-9-20(14-19)16-30-22(2,3)4;/h7-9,14,28H,6,10-13,15-18H2,1-5H3,(H2,24,25,26);1H. The molecule has 3 N–H and O–H groups in total. The van der Waals surface area contributed by atoms with Crippen molar-refractivity contribution in [3.63, 3.8) is 0 Å². The van der Waals surface area contributed by atoms with Gasteiger partial charge in [-0.25, -0.2) is 4.99 Å². The molecule has 1 fully saturated rings. The Labute approximate surface area is 205 Å². The zero-order valence-electron chi connectivity index (χ0n) is 19.7. The number of ether oxygens (including phenoxy) is 2. The van der Waals surface area contributed by atoms with Crippen LogP contribution in [0.25, 0.3) is 0 Å². The van der Waals surface area contributed by atoms with Crippen molar-refractivity contribution in [3.05, 3.63) is 35.4 Å². The number of hydrogen-bond acceptors (Lipinski definition) is 5. The fourth-order valence-corrected chi connectivity index (χ4v) is 3.20. The maximum Gasteiger partial charge on any atom is 0.191 e. The van der Waals surface area contributed by atoms with Gasteiger partial charge < -0.3 is 25.2 Å². The molecule has 1 aromatic carbocycles. The van der Waals surface area contributed by atoms with Gasteiger partial charge in [-0.1, -0.05) is 24.3 Å². The molecule has 0 bridgehead atoms. The summed E-state index contributed by atoms with van der Waals surface area (Å²) in [6, 6.07) is 8.32. The number of aliphatic hydroxyl groups is 1. The average Bonchev–Trinajstić information content (AvgIpc) is 2.69. The fraction of sp³-hybridized carbons (Fsp3) is 0.696. The molecule has 0 spiro atoms. The Hall–Kier alpha value is -0.940. The molecule has 1 saturated heterocycles. The first-order chi connectivity index (χ1) is 14.2. The summed E-state index contributed by atoms with van der Waals surface area (Å²) in [5.74, 6) is 0.705. The quantitative estimate of drug-likeness (QED) is 0.250. The summed E-state index contributed by atoms with van der Waals surface area (Å²) in [4.78, 5) is 6.93. The average molecular weight is 549 g/mol. The van der Waals surface area contributed by atoms with Gasteiger partial charge in [-0.05, 0) is 45.7 Å². The smallest absolute Gasteiger partial charge is 0.191 e. The Morgan fingerprint density at radius 2 is 1.84 bits per heavy atom. The molecule has 0 aromatic heterocycles. The number of morpholine rings is 1. The highest BCUT2D eigenvalue weighted by atomic mass is 127. The van der Waals surface area contributed by atoms with Crippen LogP contribution < -0.4 is 10.6 Å². The van der Waals surface area contributed by atoms with Crippen molar-refractivity contribution in [1.29, 1.82) is 0 Å². The minimum atomic E-state index is -0.849. The Bertz CT molecular complexity index is 671. The first-order valence-corrected chi connectivity index (χ1v) is 10.9. The Kier molecular flexibility index (Phi) is 12.3. The molecule has 1 aliphatic heterocycles. The van der Waals surface area contributed by atoms with Crippen LogP contribution in [0, 0.1) is 0 Å². The van der Waals surface area contributed by atoms with E-state index in [2.05, 4.69) is 54.5 Å². The number of nitrogens with one attached hydrogen (secondary N) is 2. The third kappa shape index (κ3) is 12.0. The molecule has 8 heteroatoms. The zero-order valence-corrected chi connectivity index (χ0v) is 22.1. The molecule has 1 atom stereocenters. The van der Waals surface area contributed by atoms with Gasteiger partial charge in [0.15, 0.2) is 5.96 Å². The van der Waals surface area contributed by atoms with Crippen LogP contribution in [-0.4, -0.2) is 73.1 Å². The van der Waals surface area contributed by atoms with Crippen molar-refractivity contribution in [3.8, 4) is 0 Å². The maximum absolute atomic E-state index is 10.8. The second-order valence-electron chi connectivity index (χ2n) is 9.16. The molecule has 1 heterocycles. The molecule has 1 aromatic rings. The van der Waals surface area contributed by atoms with Crippen molar-refractivity contribution in [2.75, 3.05) is 45.9 Å². The van der Waals surface area contributed by atoms with Crippen molar-refractivity contribution in [2.24, 2.45) is 4.99 Å². The van der Waals surface area contributed by atoms with Crippen LogP contribution in [0.1, 0.15) is 45.7 Å². The molecule has 178 valence electrons. The van der Waals surface area contributed by atoms with E-state index in [1.165, 1.54) is 0 Å². The fourth-order valence-electron chi connectivity index (χ4n) is 3.20. The van der Waals surface area contributed by atoms with Crippen LogP contribution in [0.15, 0.2) is 29.3 Å². The molecule has 7 nitrogen and oxygen atoms in total. The summed E-state index contributed by atoms with van der Waals surface area (Å²) in [7, 11) is 0. The molecule has 0 saturated carbocycles. The predicted octanol–water partition coefficient (Wildman–Crippen LogP) is 2.76. The lowest BCUT2D eigenvalue weighted by Crippen LogP contribution is -2.52. The van der Waals surface area contributed by atoms with Gasteiger partial charge in [-0.15, -0.1) is 24.0 Å². The van der Waals surface area contributed by atoms with E-state index in [0.29, 0.717) is 32.2 Å². The summed E-state index contributed by atoms with van der Waals surface area (Å²) < 4.78 is 11.3. The van der Waals surface area contributed by atoms with E-state index < -0.39 is 5.60 Å². The highest BCUT2D eigenvalue weighted by Crippen LogP contribution is 2.14. The molecule has 0 aliphatic carbocycles. The number of nitrogens with zero attached hydrogens (tertiary/aromatic N) is 2. The Morgan fingerprint density at radius 1 is 1.16 bits per heavy atom. The topological polar surface area (TPSA) is 78.4 Å². The molecular formula is C23H41IN4O3. The normalized spacial score (nSPS) is 17.5. The van der Waals surface area contributed by atoms with Crippen molar-refractivity contribution >= 4 is 29.9 Å². The van der Waals surface area contributed by atoms with Gasteiger partial charge in [-0.3, -0.25) is 4.90 Å². The number of rotatable bonds is 9. The second kappa shape index (κ2) is 13.6. The molecule has 0 amide bonds. The van der Waals surface area contributed by atoms with E-state index in [0.717, 1.165) is 44.0 Å². The van der Waals surface area contributed by atoms with Crippen molar-refractivity contribution < 1.29 is 14.6 Å². The van der Waals surface area contributed by atoms with Gasteiger partial charge in [0.25, 0.3) is 0 Å². The van der Waals surface area contributed by atoms with Gasteiger partial charge in [0.2, 0.25) is 0 Å². The van der Waals surface area contributed by atoms with E-state index in [4.69, 9.17) is 14.5 Å². The Morgan fingerprint density at radius 3 is 2.48 bits per heavy atom. The SMILES string of the molecule is CCNC(=NCc1cccc(COC(C)(C)C)c1)NCC(C)(O)CN1CCOCC1.I. The van der Waals surface area contributed by atoms with Gasteiger partial charge in [0.1, 0.15) is 0 Å². The van der Waals surface area contributed by atoms with Gasteiger partial charge >= 0.3 is 0 Å². The number of aliphatic imine (C=N–C) groups is 1. The van der Waals surface area contributed by atoms with Crippen molar-refractivity contribution in [2.45, 2.75) is 59.0 Å². The summed E-state index contributed by atoms with van der Waals surface area (Å²) >= 11 is 0. The summed E-state index contributed by atoms with van der Waals surface area (Å²) in [5.41, 5.74) is 1.26. The lowest BCUT2D eigenvalue weighted by Gasteiger charge is -2.34. The molecule has 1 aliphatic rings. The monoisotopic (exact) mass is 548 g/mol. The number of hydrogen-bond donors (Lipinski definition) is 3. The number of benzene rings is 1. The van der Waals surface area contributed by atoms with Gasteiger partial charge in [0.05, 0.1) is 37.6 Å². The zero-order chi connectivity index (χ0) is 22.0. The predicted molar refractivity (Wildman–Crippen MR) is 137 cm³/mol. The Balaban J connectivity index is 0.00000480. The number of halogens is 1. The largest absolute Gasteiger partial charge is 0.387 e. The number of β-amino-alcohol motifs (C(OH)–C–C–N with tert-alkyl or cyclic N) is 1.